The number of para-hydroxylation sites is 1. The van der Waals surface area contributed by atoms with Crippen molar-refractivity contribution in [2.24, 2.45) is 4.99 Å². The Morgan fingerprint density at radius 1 is 1.13 bits per heavy atom. The molecule has 1 saturated heterocycles. The molecule has 0 aliphatic carbocycles. The number of aliphatic imine (C=N–C) groups is 1. The summed E-state index contributed by atoms with van der Waals surface area (Å²) in [6.07, 6.45) is 1.66. The van der Waals surface area contributed by atoms with E-state index in [1.807, 2.05) is 30.3 Å². The highest BCUT2D eigenvalue weighted by Crippen LogP contribution is 2.31. The fraction of sp³-hybridized carbons (Fsp3) is 0.0455. The summed E-state index contributed by atoms with van der Waals surface area (Å²) in [7, 11) is 1.31. The minimum Gasteiger partial charge on any atom is -0.465 e. The Labute approximate surface area is 185 Å². The number of nitrogens with one attached hydrogen (secondary N) is 1. The molecule has 1 N–H and O–H groups in total. The van der Waals surface area contributed by atoms with Gasteiger partial charge >= 0.3 is 5.97 Å². The first-order valence-electron chi connectivity index (χ1n) is 8.86. The van der Waals surface area contributed by atoms with Crippen LogP contribution in [0.5, 0.6) is 0 Å². The Hall–Kier alpha value is -3.10. The van der Waals surface area contributed by atoms with Crippen LogP contribution in [0.15, 0.2) is 79.5 Å². The fourth-order valence-corrected chi connectivity index (χ4v) is 3.85. The summed E-state index contributed by atoms with van der Waals surface area (Å²) in [4.78, 5) is 29.1. The molecule has 0 saturated carbocycles. The van der Waals surface area contributed by atoms with Crippen molar-refractivity contribution in [3.8, 4) is 11.3 Å². The van der Waals surface area contributed by atoms with Gasteiger partial charge in [0.05, 0.1) is 23.3 Å². The zero-order chi connectivity index (χ0) is 21.1. The van der Waals surface area contributed by atoms with Gasteiger partial charge in [0, 0.05) is 16.1 Å². The molecular weight excluding hydrogens is 468 g/mol. The topological polar surface area (TPSA) is 80.9 Å². The largest absolute Gasteiger partial charge is 0.465 e. The van der Waals surface area contributed by atoms with Crippen LogP contribution in [-0.2, 0) is 9.53 Å². The molecule has 1 aliphatic rings. The number of nitrogens with zero attached hydrogens (tertiary/aromatic N) is 1. The van der Waals surface area contributed by atoms with Gasteiger partial charge in [-0.2, -0.15) is 0 Å². The number of methoxy groups -OCH3 is 1. The van der Waals surface area contributed by atoms with E-state index in [4.69, 9.17) is 9.15 Å². The Morgan fingerprint density at radius 3 is 2.67 bits per heavy atom. The quantitative estimate of drug-likeness (QED) is 0.398. The van der Waals surface area contributed by atoms with E-state index in [1.54, 1.807) is 36.4 Å². The van der Waals surface area contributed by atoms with Crippen LogP contribution in [0.4, 0.5) is 5.69 Å². The lowest BCUT2D eigenvalue weighted by Crippen LogP contribution is -2.19. The number of esters is 1. The molecule has 0 radical (unpaired) electrons. The van der Waals surface area contributed by atoms with E-state index in [1.165, 1.54) is 18.9 Å². The molecule has 30 heavy (non-hydrogen) atoms. The van der Waals surface area contributed by atoms with Gasteiger partial charge in [-0.05, 0) is 48.2 Å². The molecule has 3 aromatic rings. The van der Waals surface area contributed by atoms with Gasteiger partial charge in [0.25, 0.3) is 5.91 Å². The summed E-state index contributed by atoms with van der Waals surface area (Å²) in [5.41, 5.74) is 1.68. The van der Waals surface area contributed by atoms with Gasteiger partial charge < -0.3 is 14.5 Å². The molecule has 1 fully saturated rings. The molecule has 0 spiro atoms. The van der Waals surface area contributed by atoms with Crippen molar-refractivity contribution >= 4 is 56.5 Å². The zero-order valence-corrected chi connectivity index (χ0v) is 18.1. The Bertz CT molecular complexity index is 1180. The lowest BCUT2D eigenvalue weighted by atomic mass is 10.2. The van der Waals surface area contributed by atoms with Gasteiger partial charge in [-0.15, -0.1) is 0 Å². The maximum Gasteiger partial charge on any atom is 0.340 e. The van der Waals surface area contributed by atoms with Crippen LogP contribution in [0.3, 0.4) is 0 Å². The lowest BCUT2D eigenvalue weighted by Gasteiger charge is -2.03. The number of amidine groups is 1. The van der Waals surface area contributed by atoms with Crippen molar-refractivity contribution < 1.29 is 18.7 Å². The van der Waals surface area contributed by atoms with E-state index >= 15 is 0 Å². The van der Waals surface area contributed by atoms with E-state index < -0.39 is 5.97 Å². The van der Waals surface area contributed by atoms with E-state index in [0.717, 1.165) is 10.0 Å². The summed E-state index contributed by atoms with van der Waals surface area (Å²) < 4.78 is 11.6. The Balaban J connectivity index is 1.56. The van der Waals surface area contributed by atoms with Crippen LogP contribution in [-0.4, -0.2) is 24.2 Å². The van der Waals surface area contributed by atoms with Crippen LogP contribution in [0.1, 0.15) is 16.1 Å². The number of benzene rings is 2. The minimum absolute atomic E-state index is 0.282. The number of thioether (sulfide) groups is 1. The minimum atomic E-state index is -0.490. The Kier molecular flexibility index (Phi) is 5.87. The van der Waals surface area contributed by atoms with Gasteiger partial charge in [0.2, 0.25) is 0 Å². The number of furan rings is 1. The second-order valence-corrected chi connectivity index (χ2v) is 8.15. The fourth-order valence-electron chi connectivity index (χ4n) is 2.77. The average Bonchev–Trinajstić information content (AvgIpc) is 3.35. The van der Waals surface area contributed by atoms with Crippen LogP contribution < -0.4 is 5.32 Å². The van der Waals surface area contributed by atoms with Crippen LogP contribution >= 0.6 is 27.7 Å². The Morgan fingerprint density at radius 2 is 1.90 bits per heavy atom. The molecule has 4 rings (SSSR count). The monoisotopic (exact) mass is 482 g/mol. The number of rotatable bonds is 4. The molecule has 1 aromatic heterocycles. The third kappa shape index (κ3) is 4.39. The number of carbonyl (C=O) groups is 2. The predicted molar refractivity (Wildman–Crippen MR) is 120 cm³/mol. The molecule has 2 heterocycles. The van der Waals surface area contributed by atoms with Crippen molar-refractivity contribution in [2.45, 2.75) is 0 Å². The van der Waals surface area contributed by atoms with Gasteiger partial charge in [-0.1, -0.05) is 40.2 Å². The molecular formula is C22H15BrN2O4S. The van der Waals surface area contributed by atoms with E-state index in [0.29, 0.717) is 32.8 Å². The van der Waals surface area contributed by atoms with E-state index in [-0.39, 0.29) is 5.91 Å². The summed E-state index contributed by atoms with van der Waals surface area (Å²) in [6, 6.07) is 18.2. The molecule has 8 heteroatoms. The van der Waals surface area contributed by atoms with Crippen LogP contribution in [0.25, 0.3) is 17.4 Å². The van der Waals surface area contributed by atoms with Crippen molar-refractivity contribution in [1.82, 2.24) is 5.32 Å². The maximum absolute atomic E-state index is 12.3. The normalized spacial score (nSPS) is 16.1. The van der Waals surface area contributed by atoms with E-state index in [2.05, 4.69) is 26.2 Å². The second kappa shape index (κ2) is 8.73. The lowest BCUT2D eigenvalue weighted by molar-refractivity contribution is -0.115. The highest BCUT2D eigenvalue weighted by Gasteiger charge is 2.25. The van der Waals surface area contributed by atoms with Crippen LogP contribution in [0, 0.1) is 0 Å². The smallest absolute Gasteiger partial charge is 0.340 e. The van der Waals surface area contributed by atoms with Crippen LogP contribution in [0.2, 0.25) is 0 Å². The average molecular weight is 483 g/mol. The van der Waals surface area contributed by atoms with Gasteiger partial charge in [0.1, 0.15) is 11.5 Å². The summed E-state index contributed by atoms with van der Waals surface area (Å²) in [5, 5.41) is 3.09. The summed E-state index contributed by atoms with van der Waals surface area (Å²) in [6.45, 7) is 0. The number of amides is 1. The summed E-state index contributed by atoms with van der Waals surface area (Å²) >= 11 is 4.59. The van der Waals surface area contributed by atoms with Crippen molar-refractivity contribution in [3.63, 3.8) is 0 Å². The van der Waals surface area contributed by atoms with Gasteiger partial charge in [-0.25, -0.2) is 9.79 Å². The number of hydrogen-bond donors (Lipinski definition) is 1. The SMILES string of the molecule is COC(=O)c1ccccc1N=C1NC(=O)/C(=C\c2ccc(-c3ccc(Br)cc3)o2)S1. The summed E-state index contributed by atoms with van der Waals surface area (Å²) in [5.74, 6) is 0.493. The first kappa shape index (κ1) is 20.2. The second-order valence-electron chi connectivity index (χ2n) is 6.20. The number of hydrogen-bond acceptors (Lipinski definition) is 6. The first-order chi connectivity index (χ1) is 14.5. The molecule has 6 nitrogen and oxygen atoms in total. The molecule has 0 bridgehead atoms. The molecule has 1 amide bonds. The van der Waals surface area contributed by atoms with E-state index in [9.17, 15) is 9.59 Å². The number of halogens is 1. The first-order valence-corrected chi connectivity index (χ1v) is 10.5. The molecule has 1 aliphatic heterocycles. The van der Waals surface area contributed by atoms with Gasteiger partial charge in [0.15, 0.2) is 5.17 Å². The van der Waals surface area contributed by atoms with Gasteiger partial charge in [-0.3, -0.25) is 4.79 Å². The maximum atomic E-state index is 12.3. The third-order valence-electron chi connectivity index (χ3n) is 4.21. The number of carbonyl (C=O) groups excluding carboxylic acids is 2. The van der Waals surface area contributed by atoms with Crippen molar-refractivity contribution in [3.05, 3.63) is 81.4 Å². The molecule has 150 valence electrons. The number of ether oxygens (including phenoxy) is 1. The highest BCUT2D eigenvalue weighted by molar-refractivity contribution is 9.10. The highest BCUT2D eigenvalue weighted by atomic mass is 79.9. The zero-order valence-electron chi connectivity index (χ0n) is 15.7. The van der Waals surface area contributed by atoms with Crippen molar-refractivity contribution in [2.75, 3.05) is 7.11 Å². The third-order valence-corrected chi connectivity index (χ3v) is 5.65. The van der Waals surface area contributed by atoms with Crippen molar-refractivity contribution in [1.29, 1.82) is 0 Å². The molecule has 2 aromatic carbocycles. The standard InChI is InChI=1S/C22H15BrN2O4S/c1-28-21(27)16-4-2-3-5-17(16)24-22-25-20(26)19(30-22)12-15-10-11-18(29-15)13-6-8-14(23)9-7-13/h2-12H,1H3,(H,24,25,26)/b19-12+. The molecule has 0 atom stereocenters. The predicted octanol–water partition coefficient (Wildman–Crippen LogP) is 5.39. The molecule has 0 unspecified atom stereocenters.